The van der Waals surface area contributed by atoms with E-state index in [1.807, 2.05) is 0 Å². The van der Waals surface area contributed by atoms with E-state index in [9.17, 15) is 19.0 Å². The van der Waals surface area contributed by atoms with Crippen LogP contribution in [0.2, 0.25) is 0 Å². The number of hydrogen-bond donors (Lipinski definition) is 1. The van der Waals surface area contributed by atoms with Gasteiger partial charge < -0.3 is 9.05 Å². The van der Waals surface area contributed by atoms with E-state index in [1.165, 1.54) is 103 Å². The molecule has 0 aromatic rings. The first-order chi connectivity index (χ1) is 17.9. The largest absolute Gasteiger partial charge is 0.589 e. The molecule has 0 fully saturated rings. The summed E-state index contributed by atoms with van der Waals surface area (Å²) in [6.45, 7) is 4.46. The summed E-state index contributed by atoms with van der Waals surface area (Å²) < 4.78 is 21.0. The summed E-state index contributed by atoms with van der Waals surface area (Å²) in [5.74, 6) is -1.56. The molecule has 0 aliphatic rings. The molecule has 0 radical (unpaired) electrons. The molecule has 0 aliphatic heterocycles. The highest BCUT2D eigenvalue weighted by atomic mass is 31.2. The Labute approximate surface area is 228 Å². The fourth-order valence-electron chi connectivity index (χ4n) is 4.59. The number of rotatable bonds is 28. The fourth-order valence-corrected chi connectivity index (χ4v) is 5.32. The number of carbonyl (C=O) groups excluding carboxylic acids is 2. The SMILES string of the molecule is CCCCCCCCCCCCCCCCCC(=O)OP(=O)(O)OC(=O)CCCCCCCCCCC. The second kappa shape index (κ2) is 26.7. The van der Waals surface area contributed by atoms with Gasteiger partial charge >= 0.3 is 19.8 Å². The summed E-state index contributed by atoms with van der Waals surface area (Å²) in [6.07, 6.45) is 28.5. The zero-order valence-corrected chi connectivity index (χ0v) is 25.2. The van der Waals surface area contributed by atoms with Crippen LogP contribution in [0.5, 0.6) is 0 Å². The topological polar surface area (TPSA) is 89.9 Å². The second-order valence-corrected chi connectivity index (χ2v) is 12.0. The minimum absolute atomic E-state index is 0.0665. The van der Waals surface area contributed by atoms with Gasteiger partial charge in [0.1, 0.15) is 0 Å². The van der Waals surface area contributed by atoms with Gasteiger partial charge in [-0.3, -0.25) is 14.5 Å². The van der Waals surface area contributed by atoms with E-state index >= 15 is 0 Å². The molecule has 0 bridgehead atoms. The molecule has 0 heterocycles. The lowest BCUT2D eigenvalue weighted by atomic mass is 10.0. The summed E-state index contributed by atoms with van der Waals surface area (Å²) in [6, 6.07) is 0. The van der Waals surface area contributed by atoms with E-state index in [-0.39, 0.29) is 12.8 Å². The molecule has 0 saturated carbocycles. The highest BCUT2D eigenvalue weighted by molar-refractivity contribution is 7.48. The Morgan fingerprint density at radius 1 is 0.459 bits per heavy atom. The van der Waals surface area contributed by atoms with E-state index in [0.717, 1.165) is 38.5 Å². The zero-order chi connectivity index (χ0) is 27.5. The van der Waals surface area contributed by atoms with Gasteiger partial charge in [0.25, 0.3) is 0 Å². The van der Waals surface area contributed by atoms with Crippen molar-refractivity contribution >= 4 is 19.8 Å². The molecule has 1 unspecified atom stereocenters. The fraction of sp³-hybridized carbons (Fsp3) is 0.933. The highest BCUT2D eigenvalue weighted by Gasteiger charge is 2.30. The Bertz CT molecular complexity index is 580. The van der Waals surface area contributed by atoms with Crippen molar-refractivity contribution in [2.24, 2.45) is 0 Å². The van der Waals surface area contributed by atoms with Crippen molar-refractivity contribution in [2.45, 2.75) is 181 Å². The Hall–Kier alpha value is -0.870. The molecule has 7 heteroatoms. The Balaban J connectivity index is 3.56. The maximum absolute atomic E-state index is 11.9. The molecule has 0 aromatic carbocycles. The van der Waals surface area contributed by atoms with Crippen LogP contribution in [-0.2, 0) is 23.2 Å². The van der Waals surface area contributed by atoms with Gasteiger partial charge in [-0.2, -0.15) is 0 Å². The number of unbranched alkanes of at least 4 members (excludes halogenated alkanes) is 22. The van der Waals surface area contributed by atoms with Crippen molar-refractivity contribution in [3.05, 3.63) is 0 Å². The van der Waals surface area contributed by atoms with Gasteiger partial charge in [-0.1, -0.05) is 155 Å². The number of carbonyl (C=O) groups is 2. The van der Waals surface area contributed by atoms with Crippen LogP contribution in [0.15, 0.2) is 0 Å². The first kappa shape index (κ1) is 36.1. The van der Waals surface area contributed by atoms with Crippen molar-refractivity contribution < 1.29 is 28.1 Å². The van der Waals surface area contributed by atoms with Gasteiger partial charge in [-0.25, -0.2) is 4.57 Å². The van der Waals surface area contributed by atoms with E-state index in [1.54, 1.807) is 0 Å². The molecule has 1 atom stereocenters. The molecule has 6 nitrogen and oxygen atoms in total. The molecule has 1 N–H and O–H groups in total. The van der Waals surface area contributed by atoms with Gasteiger partial charge in [0.15, 0.2) is 0 Å². The third kappa shape index (κ3) is 28.0. The highest BCUT2D eigenvalue weighted by Crippen LogP contribution is 2.44. The van der Waals surface area contributed by atoms with Crippen LogP contribution in [0.4, 0.5) is 0 Å². The molecule has 0 aromatic heterocycles. The Morgan fingerprint density at radius 3 is 0.919 bits per heavy atom. The van der Waals surface area contributed by atoms with E-state index < -0.39 is 19.8 Å². The van der Waals surface area contributed by atoms with Crippen LogP contribution in [0.1, 0.15) is 181 Å². The van der Waals surface area contributed by atoms with Crippen LogP contribution >= 0.6 is 7.82 Å². The summed E-state index contributed by atoms with van der Waals surface area (Å²) in [5, 5.41) is 0. The lowest BCUT2D eigenvalue weighted by molar-refractivity contribution is -0.140. The van der Waals surface area contributed by atoms with E-state index in [4.69, 9.17) is 0 Å². The number of phosphoric ester groups is 1. The van der Waals surface area contributed by atoms with Crippen LogP contribution in [0.25, 0.3) is 0 Å². The average Bonchev–Trinajstić information content (AvgIpc) is 2.84. The standard InChI is InChI=1S/C30H59O6P/c1-3-5-7-9-11-13-14-15-16-17-18-20-22-24-26-28-30(32)36-37(33,34)35-29(31)27-25-23-21-19-12-10-8-6-4-2/h3-28H2,1-2H3,(H,33,34). The average molecular weight is 547 g/mol. The quantitative estimate of drug-likeness (QED) is 0.0775. The summed E-state index contributed by atoms with van der Waals surface area (Å²) in [4.78, 5) is 33.4. The van der Waals surface area contributed by atoms with Crippen molar-refractivity contribution in [1.29, 1.82) is 0 Å². The van der Waals surface area contributed by atoms with Crippen molar-refractivity contribution in [3.8, 4) is 0 Å². The molecule has 0 rings (SSSR count). The van der Waals surface area contributed by atoms with Gasteiger partial charge in [-0.05, 0) is 12.8 Å². The molecule has 0 aliphatic carbocycles. The molecular formula is C30H59O6P. The predicted octanol–water partition coefficient (Wildman–Crippen LogP) is 10.4. The molecule has 37 heavy (non-hydrogen) atoms. The van der Waals surface area contributed by atoms with Crippen LogP contribution in [0.3, 0.4) is 0 Å². The lowest BCUT2D eigenvalue weighted by Crippen LogP contribution is -2.08. The monoisotopic (exact) mass is 546 g/mol. The molecule has 0 spiro atoms. The summed E-state index contributed by atoms with van der Waals surface area (Å²) in [7, 11) is -4.67. The van der Waals surface area contributed by atoms with Crippen molar-refractivity contribution in [1.82, 2.24) is 0 Å². The van der Waals surface area contributed by atoms with Gasteiger partial charge in [-0.15, -0.1) is 0 Å². The maximum atomic E-state index is 11.9. The minimum Gasteiger partial charge on any atom is -0.361 e. The van der Waals surface area contributed by atoms with E-state index in [0.29, 0.717) is 12.8 Å². The van der Waals surface area contributed by atoms with Crippen LogP contribution < -0.4 is 0 Å². The number of phosphoric acid groups is 1. The lowest BCUT2D eigenvalue weighted by Gasteiger charge is -2.11. The zero-order valence-electron chi connectivity index (χ0n) is 24.3. The third-order valence-corrected chi connectivity index (χ3v) is 7.77. The number of hydrogen-bond acceptors (Lipinski definition) is 5. The Kier molecular flexibility index (Phi) is 26.1. The maximum Gasteiger partial charge on any atom is 0.589 e. The van der Waals surface area contributed by atoms with Gasteiger partial charge in [0.05, 0.1) is 0 Å². The van der Waals surface area contributed by atoms with Crippen LogP contribution in [0, 0.1) is 0 Å². The molecule has 220 valence electrons. The van der Waals surface area contributed by atoms with E-state index in [2.05, 4.69) is 22.9 Å². The molecule has 0 saturated heterocycles. The third-order valence-electron chi connectivity index (χ3n) is 6.90. The molecule has 0 amide bonds. The molecular weight excluding hydrogens is 487 g/mol. The summed E-state index contributed by atoms with van der Waals surface area (Å²) in [5.41, 5.74) is 0. The van der Waals surface area contributed by atoms with Gasteiger partial charge in [0.2, 0.25) is 0 Å². The second-order valence-electron chi connectivity index (χ2n) is 10.7. The minimum atomic E-state index is -4.67. The van der Waals surface area contributed by atoms with Gasteiger partial charge in [0, 0.05) is 12.8 Å². The van der Waals surface area contributed by atoms with Crippen molar-refractivity contribution in [2.75, 3.05) is 0 Å². The normalized spacial score (nSPS) is 12.8. The van der Waals surface area contributed by atoms with Crippen molar-refractivity contribution in [3.63, 3.8) is 0 Å². The smallest absolute Gasteiger partial charge is 0.361 e. The first-order valence-electron chi connectivity index (χ1n) is 15.7. The first-order valence-corrected chi connectivity index (χ1v) is 17.2. The van der Waals surface area contributed by atoms with Crippen LogP contribution in [-0.4, -0.2) is 16.8 Å². The predicted molar refractivity (Wildman–Crippen MR) is 153 cm³/mol. The summed E-state index contributed by atoms with van der Waals surface area (Å²) >= 11 is 0. The Morgan fingerprint density at radius 2 is 0.676 bits per heavy atom.